The van der Waals surface area contributed by atoms with Gasteiger partial charge >= 0.3 is 5.97 Å². The van der Waals surface area contributed by atoms with E-state index >= 15 is 0 Å². The summed E-state index contributed by atoms with van der Waals surface area (Å²) in [7, 11) is -3.54. The Morgan fingerprint density at radius 2 is 2.00 bits per heavy atom. The van der Waals surface area contributed by atoms with Gasteiger partial charge < -0.3 is 9.26 Å². The van der Waals surface area contributed by atoms with E-state index in [1.165, 1.54) is 12.1 Å². The molecular formula is C17H14ClN3O5S. The van der Waals surface area contributed by atoms with E-state index in [1.54, 1.807) is 36.4 Å². The molecule has 1 aromatic heterocycles. The minimum Gasteiger partial charge on any atom is -0.452 e. The second-order valence-electron chi connectivity index (χ2n) is 5.52. The van der Waals surface area contributed by atoms with Crippen molar-refractivity contribution in [1.82, 2.24) is 10.1 Å². The fourth-order valence-electron chi connectivity index (χ4n) is 2.21. The van der Waals surface area contributed by atoms with Gasteiger partial charge in [0.1, 0.15) is 0 Å². The number of nitrogens with zero attached hydrogens (tertiary/aromatic N) is 2. The third-order valence-corrected chi connectivity index (χ3v) is 4.15. The first-order chi connectivity index (χ1) is 12.8. The maximum absolute atomic E-state index is 12.3. The van der Waals surface area contributed by atoms with Crippen molar-refractivity contribution >= 4 is 33.3 Å². The van der Waals surface area contributed by atoms with Crippen LogP contribution in [0.2, 0.25) is 5.02 Å². The maximum atomic E-state index is 12.3. The van der Waals surface area contributed by atoms with Gasteiger partial charge in [0.2, 0.25) is 15.8 Å². The number of ether oxygens (including phenoxy) is 1. The molecule has 3 rings (SSSR count). The van der Waals surface area contributed by atoms with Crippen molar-refractivity contribution in [2.45, 2.75) is 6.61 Å². The number of anilines is 1. The molecule has 0 aliphatic carbocycles. The molecule has 0 unspecified atom stereocenters. The van der Waals surface area contributed by atoms with Crippen molar-refractivity contribution < 1.29 is 22.5 Å². The number of sulfonamides is 1. The Balaban J connectivity index is 1.70. The predicted molar refractivity (Wildman–Crippen MR) is 98.8 cm³/mol. The van der Waals surface area contributed by atoms with Gasteiger partial charge in [-0.3, -0.25) is 4.72 Å². The predicted octanol–water partition coefficient (Wildman–Crippen LogP) is 3.12. The highest BCUT2D eigenvalue weighted by molar-refractivity contribution is 7.92. The molecule has 8 nitrogen and oxygen atoms in total. The van der Waals surface area contributed by atoms with Crippen LogP contribution in [-0.4, -0.2) is 30.8 Å². The third-order valence-electron chi connectivity index (χ3n) is 3.32. The summed E-state index contributed by atoms with van der Waals surface area (Å²) in [4.78, 5) is 16.4. The first-order valence-corrected chi connectivity index (χ1v) is 9.91. The Morgan fingerprint density at radius 1 is 1.22 bits per heavy atom. The van der Waals surface area contributed by atoms with Crippen LogP contribution < -0.4 is 4.72 Å². The van der Waals surface area contributed by atoms with Crippen molar-refractivity contribution in [1.29, 1.82) is 0 Å². The second-order valence-corrected chi connectivity index (χ2v) is 7.70. The van der Waals surface area contributed by atoms with Gasteiger partial charge in [-0.05, 0) is 24.3 Å². The average Bonchev–Trinajstić information content (AvgIpc) is 3.08. The summed E-state index contributed by atoms with van der Waals surface area (Å²) in [5.41, 5.74) is 0.846. The SMILES string of the molecule is CS(=O)(=O)Nc1ccccc1C(=O)OCc1nc(-c2cccc(Cl)c2)no1. The van der Waals surface area contributed by atoms with Crippen LogP contribution in [0.3, 0.4) is 0 Å². The van der Waals surface area contributed by atoms with Gasteiger partial charge in [0, 0.05) is 10.6 Å². The molecular weight excluding hydrogens is 394 g/mol. The molecule has 0 atom stereocenters. The molecule has 1 heterocycles. The third kappa shape index (κ3) is 5.05. The van der Waals surface area contributed by atoms with E-state index in [1.807, 2.05) is 0 Å². The van der Waals surface area contributed by atoms with Crippen LogP contribution in [0.1, 0.15) is 16.2 Å². The number of halogens is 1. The quantitative estimate of drug-likeness (QED) is 0.624. The van der Waals surface area contributed by atoms with E-state index in [0.29, 0.717) is 16.4 Å². The van der Waals surface area contributed by atoms with E-state index < -0.39 is 16.0 Å². The minimum absolute atomic E-state index is 0.0671. The second kappa shape index (κ2) is 7.77. The van der Waals surface area contributed by atoms with Gasteiger partial charge in [-0.2, -0.15) is 4.98 Å². The molecule has 0 radical (unpaired) electrons. The lowest BCUT2D eigenvalue weighted by molar-refractivity contribution is 0.0431. The highest BCUT2D eigenvalue weighted by atomic mass is 35.5. The Labute approximate surface area is 160 Å². The lowest BCUT2D eigenvalue weighted by Crippen LogP contribution is -2.14. The first-order valence-electron chi connectivity index (χ1n) is 7.64. The van der Waals surface area contributed by atoms with Gasteiger partial charge in [0.25, 0.3) is 5.89 Å². The number of aromatic nitrogens is 2. The average molecular weight is 408 g/mol. The van der Waals surface area contributed by atoms with Crippen LogP contribution in [0, 0.1) is 0 Å². The number of hydrogen-bond donors (Lipinski definition) is 1. The zero-order valence-corrected chi connectivity index (χ0v) is 15.6. The van der Waals surface area contributed by atoms with E-state index in [2.05, 4.69) is 14.9 Å². The highest BCUT2D eigenvalue weighted by Gasteiger charge is 2.17. The number of carbonyl (C=O) groups excluding carboxylic acids is 1. The lowest BCUT2D eigenvalue weighted by atomic mass is 10.2. The van der Waals surface area contributed by atoms with E-state index in [4.69, 9.17) is 20.9 Å². The zero-order valence-electron chi connectivity index (χ0n) is 14.0. The van der Waals surface area contributed by atoms with E-state index in [9.17, 15) is 13.2 Å². The van der Waals surface area contributed by atoms with Gasteiger partial charge in [0.05, 0.1) is 17.5 Å². The molecule has 0 bridgehead atoms. The molecule has 0 aliphatic heterocycles. The summed E-state index contributed by atoms with van der Waals surface area (Å²) >= 11 is 5.93. The summed E-state index contributed by atoms with van der Waals surface area (Å²) in [6.45, 7) is -0.264. The monoisotopic (exact) mass is 407 g/mol. The van der Waals surface area contributed by atoms with Crippen molar-refractivity contribution in [3.63, 3.8) is 0 Å². The minimum atomic E-state index is -3.54. The highest BCUT2D eigenvalue weighted by Crippen LogP contribution is 2.21. The van der Waals surface area contributed by atoms with Crippen molar-refractivity contribution in [2.75, 3.05) is 11.0 Å². The zero-order chi connectivity index (χ0) is 19.4. The Bertz CT molecular complexity index is 1080. The summed E-state index contributed by atoms with van der Waals surface area (Å²) in [6, 6.07) is 13.0. The molecule has 0 amide bonds. The number of nitrogens with one attached hydrogen (secondary N) is 1. The van der Waals surface area contributed by atoms with Crippen LogP contribution in [0.4, 0.5) is 5.69 Å². The summed E-state index contributed by atoms with van der Waals surface area (Å²) in [6.07, 6.45) is 0.991. The van der Waals surface area contributed by atoms with Crippen LogP contribution >= 0.6 is 11.6 Å². The van der Waals surface area contributed by atoms with Gasteiger partial charge in [-0.25, -0.2) is 13.2 Å². The Hall–Kier alpha value is -2.91. The first kappa shape index (κ1) is 18.9. The molecule has 2 aromatic carbocycles. The number of para-hydroxylation sites is 1. The summed E-state index contributed by atoms with van der Waals surface area (Å²) in [5.74, 6) is -0.334. The molecule has 3 aromatic rings. The van der Waals surface area contributed by atoms with Gasteiger partial charge in [0.15, 0.2) is 6.61 Å². The Morgan fingerprint density at radius 3 is 2.74 bits per heavy atom. The maximum Gasteiger partial charge on any atom is 0.340 e. The van der Waals surface area contributed by atoms with E-state index in [-0.39, 0.29) is 23.7 Å². The fraction of sp³-hybridized carbons (Fsp3) is 0.118. The van der Waals surface area contributed by atoms with Crippen LogP contribution in [0.5, 0.6) is 0 Å². The number of carbonyl (C=O) groups is 1. The molecule has 0 fully saturated rings. The molecule has 0 aliphatic rings. The standard InChI is InChI=1S/C17H14ClN3O5S/c1-27(23,24)21-14-8-3-2-7-13(14)17(22)25-10-15-19-16(20-26-15)11-5-4-6-12(18)9-11/h2-9,21H,10H2,1H3. The smallest absolute Gasteiger partial charge is 0.340 e. The number of rotatable bonds is 6. The van der Waals surface area contributed by atoms with Crippen LogP contribution in [0.15, 0.2) is 53.1 Å². The van der Waals surface area contributed by atoms with E-state index in [0.717, 1.165) is 6.26 Å². The number of hydrogen-bond acceptors (Lipinski definition) is 7. The number of esters is 1. The van der Waals surface area contributed by atoms with Crippen LogP contribution in [-0.2, 0) is 21.4 Å². The number of benzene rings is 2. The van der Waals surface area contributed by atoms with Crippen molar-refractivity contribution in [2.24, 2.45) is 0 Å². The molecule has 0 saturated heterocycles. The van der Waals surface area contributed by atoms with Crippen molar-refractivity contribution in [3.05, 3.63) is 65.0 Å². The molecule has 0 spiro atoms. The molecule has 27 heavy (non-hydrogen) atoms. The largest absolute Gasteiger partial charge is 0.452 e. The van der Waals surface area contributed by atoms with Gasteiger partial charge in [-0.1, -0.05) is 41.0 Å². The van der Waals surface area contributed by atoms with Crippen LogP contribution in [0.25, 0.3) is 11.4 Å². The van der Waals surface area contributed by atoms with Crippen molar-refractivity contribution in [3.8, 4) is 11.4 Å². The lowest BCUT2D eigenvalue weighted by Gasteiger charge is -2.09. The molecule has 10 heteroatoms. The molecule has 1 N–H and O–H groups in total. The normalized spacial score (nSPS) is 11.2. The summed E-state index contributed by atoms with van der Waals surface area (Å²) < 4.78 is 35.3. The molecule has 0 saturated carbocycles. The van der Waals surface area contributed by atoms with Gasteiger partial charge in [-0.15, -0.1) is 0 Å². The topological polar surface area (TPSA) is 111 Å². The Kier molecular flexibility index (Phi) is 5.43. The fourth-order valence-corrected chi connectivity index (χ4v) is 2.98. The summed E-state index contributed by atoms with van der Waals surface area (Å²) in [5, 5.41) is 4.34. The molecule has 140 valence electrons.